The van der Waals surface area contributed by atoms with E-state index in [-0.39, 0.29) is 35.5 Å². The standard InChI is InChI=1S/C18H20Cl2N2O5S/c19-16-8-12(11-23)9-17(20)18(16)27-15-3-1-2-13(10-15)21-28(25,26)22-6-4-14(24)5-7-22/h1-3,8-10,14,21,23-24H,4-7,11H2. The summed E-state index contributed by atoms with van der Waals surface area (Å²) in [5, 5.41) is 19.2. The molecule has 10 heteroatoms. The Labute approximate surface area is 173 Å². The van der Waals surface area contributed by atoms with E-state index in [4.69, 9.17) is 27.9 Å². The van der Waals surface area contributed by atoms with Gasteiger partial charge in [0.1, 0.15) is 5.75 Å². The number of nitrogens with one attached hydrogen (secondary N) is 1. The van der Waals surface area contributed by atoms with Gasteiger partial charge in [-0.15, -0.1) is 0 Å². The number of aliphatic hydroxyl groups is 2. The van der Waals surface area contributed by atoms with E-state index >= 15 is 0 Å². The molecule has 3 rings (SSSR count). The Morgan fingerprint density at radius 1 is 1.14 bits per heavy atom. The lowest BCUT2D eigenvalue weighted by Crippen LogP contribution is -2.42. The van der Waals surface area contributed by atoms with Crippen molar-refractivity contribution in [2.45, 2.75) is 25.6 Å². The number of anilines is 1. The van der Waals surface area contributed by atoms with E-state index in [2.05, 4.69) is 4.72 Å². The van der Waals surface area contributed by atoms with Gasteiger partial charge in [0.25, 0.3) is 0 Å². The van der Waals surface area contributed by atoms with Gasteiger partial charge in [0, 0.05) is 19.2 Å². The summed E-state index contributed by atoms with van der Waals surface area (Å²) in [6.07, 6.45) is 0.352. The van der Waals surface area contributed by atoms with Gasteiger partial charge in [-0.3, -0.25) is 4.72 Å². The third-order valence-corrected chi connectivity index (χ3v) is 6.40. The quantitative estimate of drug-likeness (QED) is 0.631. The van der Waals surface area contributed by atoms with Crippen LogP contribution < -0.4 is 9.46 Å². The number of hydrogen-bond donors (Lipinski definition) is 3. The minimum absolute atomic E-state index is 0.204. The van der Waals surface area contributed by atoms with Crippen molar-refractivity contribution in [2.75, 3.05) is 17.8 Å². The molecule has 0 aromatic heterocycles. The summed E-state index contributed by atoms with van der Waals surface area (Å²) in [6.45, 7) is 0.314. The first-order valence-corrected chi connectivity index (χ1v) is 10.8. The highest BCUT2D eigenvalue weighted by Crippen LogP contribution is 2.38. The third kappa shape index (κ3) is 5.08. The minimum Gasteiger partial charge on any atom is -0.454 e. The van der Waals surface area contributed by atoms with Crippen molar-refractivity contribution in [1.29, 1.82) is 0 Å². The van der Waals surface area contributed by atoms with Gasteiger partial charge in [0.2, 0.25) is 0 Å². The molecule has 2 aromatic carbocycles. The number of halogens is 2. The van der Waals surface area contributed by atoms with E-state index in [0.717, 1.165) is 0 Å². The van der Waals surface area contributed by atoms with E-state index in [1.165, 1.54) is 10.4 Å². The van der Waals surface area contributed by atoms with E-state index in [9.17, 15) is 18.6 Å². The molecule has 0 amide bonds. The summed E-state index contributed by atoms with van der Waals surface area (Å²) in [5.74, 6) is 0.556. The first kappa shape index (κ1) is 21.2. The lowest BCUT2D eigenvalue weighted by Gasteiger charge is -2.28. The van der Waals surface area contributed by atoms with Crippen molar-refractivity contribution in [2.24, 2.45) is 0 Å². The van der Waals surface area contributed by atoms with Crippen LogP contribution >= 0.6 is 23.2 Å². The van der Waals surface area contributed by atoms with Gasteiger partial charge in [0.15, 0.2) is 5.75 Å². The maximum absolute atomic E-state index is 12.5. The van der Waals surface area contributed by atoms with Crippen LogP contribution in [0.1, 0.15) is 18.4 Å². The zero-order valence-electron chi connectivity index (χ0n) is 14.8. The van der Waals surface area contributed by atoms with Crippen LogP contribution in [0.2, 0.25) is 10.0 Å². The molecular formula is C18H20Cl2N2O5S. The van der Waals surface area contributed by atoms with Crippen LogP contribution in [0.3, 0.4) is 0 Å². The molecule has 0 spiro atoms. The average molecular weight is 447 g/mol. The Bertz CT molecular complexity index is 924. The second-order valence-electron chi connectivity index (χ2n) is 6.41. The van der Waals surface area contributed by atoms with Crippen molar-refractivity contribution in [3.63, 3.8) is 0 Å². The van der Waals surface area contributed by atoms with Gasteiger partial charge in [-0.1, -0.05) is 29.3 Å². The molecule has 1 heterocycles. The summed E-state index contributed by atoms with van der Waals surface area (Å²) in [7, 11) is -3.74. The molecule has 2 aromatic rings. The number of piperidine rings is 1. The fraction of sp³-hybridized carbons (Fsp3) is 0.333. The Morgan fingerprint density at radius 2 is 1.79 bits per heavy atom. The first-order valence-electron chi connectivity index (χ1n) is 8.61. The second-order valence-corrected chi connectivity index (χ2v) is 8.90. The molecule has 7 nitrogen and oxygen atoms in total. The molecular weight excluding hydrogens is 427 g/mol. The molecule has 1 aliphatic heterocycles. The van der Waals surface area contributed by atoms with Crippen molar-refractivity contribution < 1.29 is 23.4 Å². The van der Waals surface area contributed by atoms with E-state index in [1.807, 2.05) is 0 Å². The van der Waals surface area contributed by atoms with Crippen molar-refractivity contribution >= 4 is 39.1 Å². The lowest BCUT2D eigenvalue weighted by atomic mass is 10.1. The molecule has 1 aliphatic rings. The number of ether oxygens (including phenoxy) is 1. The van der Waals surface area contributed by atoms with Crippen LogP contribution in [0.15, 0.2) is 36.4 Å². The monoisotopic (exact) mass is 446 g/mol. The number of nitrogens with zero attached hydrogens (tertiary/aromatic N) is 1. The van der Waals surface area contributed by atoms with Crippen molar-refractivity contribution in [3.8, 4) is 11.5 Å². The van der Waals surface area contributed by atoms with Gasteiger partial charge >= 0.3 is 10.2 Å². The Kier molecular flexibility index (Phi) is 6.69. The molecule has 0 aliphatic carbocycles. The van der Waals surface area contributed by atoms with Gasteiger partial charge in [-0.05, 0) is 42.7 Å². The molecule has 152 valence electrons. The van der Waals surface area contributed by atoms with Crippen LogP contribution in [0.4, 0.5) is 5.69 Å². The zero-order valence-corrected chi connectivity index (χ0v) is 17.1. The van der Waals surface area contributed by atoms with E-state index < -0.39 is 16.3 Å². The number of benzene rings is 2. The summed E-state index contributed by atoms with van der Waals surface area (Å²) in [4.78, 5) is 0. The molecule has 0 atom stereocenters. The average Bonchev–Trinajstić information content (AvgIpc) is 2.65. The Morgan fingerprint density at radius 3 is 2.39 bits per heavy atom. The smallest absolute Gasteiger partial charge is 0.301 e. The van der Waals surface area contributed by atoms with E-state index in [0.29, 0.717) is 29.8 Å². The van der Waals surface area contributed by atoms with Gasteiger partial charge in [-0.2, -0.15) is 12.7 Å². The topological polar surface area (TPSA) is 99.1 Å². The predicted octanol–water partition coefficient (Wildman–Crippen LogP) is 3.39. The summed E-state index contributed by atoms with van der Waals surface area (Å²) >= 11 is 12.3. The Balaban J connectivity index is 1.76. The minimum atomic E-state index is -3.74. The van der Waals surface area contributed by atoms with Gasteiger partial charge < -0.3 is 14.9 Å². The molecule has 28 heavy (non-hydrogen) atoms. The predicted molar refractivity (Wildman–Crippen MR) is 108 cm³/mol. The van der Waals surface area contributed by atoms with Crippen LogP contribution in [-0.4, -0.2) is 42.1 Å². The molecule has 1 saturated heterocycles. The molecule has 0 unspecified atom stereocenters. The normalized spacial score (nSPS) is 16.1. The summed E-state index contributed by atoms with van der Waals surface area (Å²) in [6, 6.07) is 9.48. The van der Waals surface area contributed by atoms with Crippen molar-refractivity contribution in [1.82, 2.24) is 4.31 Å². The van der Waals surface area contributed by atoms with Gasteiger partial charge in [0.05, 0.1) is 28.4 Å². The van der Waals surface area contributed by atoms with Crippen molar-refractivity contribution in [3.05, 3.63) is 52.0 Å². The first-order chi connectivity index (χ1) is 13.3. The fourth-order valence-corrected chi connectivity index (χ4v) is 4.69. The molecule has 0 saturated carbocycles. The van der Waals surface area contributed by atoms with Gasteiger partial charge in [-0.25, -0.2) is 0 Å². The lowest BCUT2D eigenvalue weighted by molar-refractivity contribution is 0.113. The molecule has 0 radical (unpaired) electrons. The Hall–Kier alpha value is -1.55. The number of rotatable bonds is 6. The third-order valence-electron chi connectivity index (χ3n) is 4.30. The highest BCUT2D eigenvalue weighted by atomic mass is 35.5. The molecule has 3 N–H and O–H groups in total. The van der Waals surface area contributed by atoms with Crippen LogP contribution in [0.25, 0.3) is 0 Å². The molecule has 1 fully saturated rings. The largest absolute Gasteiger partial charge is 0.454 e. The fourth-order valence-electron chi connectivity index (χ4n) is 2.84. The second kappa shape index (κ2) is 8.86. The zero-order chi connectivity index (χ0) is 20.3. The number of aliphatic hydroxyl groups excluding tert-OH is 2. The maximum Gasteiger partial charge on any atom is 0.301 e. The highest BCUT2D eigenvalue weighted by Gasteiger charge is 2.27. The van der Waals surface area contributed by atoms with Crippen LogP contribution in [-0.2, 0) is 16.8 Å². The SMILES string of the molecule is O=S(=O)(Nc1cccc(Oc2c(Cl)cc(CO)cc2Cl)c1)N1CCC(O)CC1. The highest BCUT2D eigenvalue weighted by molar-refractivity contribution is 7.90. The van der Waals surface area contributed by atoms with Crippen LogP contribution in [0.5, 0.6) is 11.5 Å². The van der Waals surface area contributed by atoms with Crippen LogP contribution in [0, 0.1) is 0 Å². The summed E-state index contributed by atoms with van der Waals surface area (Å²) in [5.41, 5.74) is 0.873. The summed E-state index contributed by atoms with van der Waals surface area (Å²) < 4.78 is 34.6. The van der Waals surface area contributed by atoms with E-state index in [1.54, 1.807) is 30.3 Å². The number of hydrogen-bond acceptors (Lipinski definition) is 5. The molecule has 0 bridgehead atoms. The maximum atomic E-state index is 12.5.